The standard InChI is InChI=1S/C13H18BrN3O/c1-3-13(4-2,9-14)10-16-7-8-17-11(12(16)18)5-6-15-17/h5-8H,3-4,9-10H2,1-2H3. The normalized spacial score (nSPS) is 12.2. The van der Waals surface area contributed by atoms with E-state index in [9.17, 15) is 4.79 Å². The van der Waals surface area contributed by atoms with Crippen LogP contribution in [0.1, 0.15) is 26.7 Å². The first-order valence-electron chi connectivity index (χ1n) is 6.24. The average molecular weight is 312 g/mol. The van der Waals surface area contributed by atoms with Crippen LogP contribution in [0.2, 0.25) is 0 Å². The Hall–Kier alpha value is -1.10. The van der Waals surface area contributed by atoms with Crippen molar-refractivity contribution in [3.8, 4) is 0 Å². The van der Waals surface area contributed by atoms with Crippen LogP contribution in [0.4, 0.5) is 0 Å². The molecule has 2 aromatic rings. The maximum atomic E-state index is 12.3. The van der Waals surface area contributed by atoms with Gasteiger partial charge in [0.2, 0.25) is 0 Å². The fourth-order valence-corrected chi connectivity index (χ4v) is 3.12. The first-order valence-corrected chi connectivity index (χ1v) is 7.36. The third kappa shape index (κ3) is 2.23. The van der Waals surface area contributed by atoms with Crippen LogP contribution in [0.5, 0.6) is 0 Å². The van der Waals surface area contributed by atoms with Gasteiger partial charge in [-0.25, -0.2) is 4.52 Å². The molecule has 0 spiro atoms. The van der Waals surface area contributed by atoms with Crippen LogP contribution >= 0.6 is 15.9 Å². The van der Waals surface area contributed by atoms with E-state index in [1.54, 1.807) is 21.3 Å². The van der Waals surface area contributed by atoms with Crippen LogP contribution in [-0.4, -0.2) is 19.5 Å². The Kier molecular flexibility index (Phi) is 3.90. The molecule has 4 nitrogen and oxygen atoms in total. The molecule has 98 valence electrons. The summed E-state index contributed by atoms with van der Waals surface area (Å²) in [5.74, 6) is 0. The molecule has 0 aromatic carbocycles. The molecule has 5 heteroatoms. The highest BCUT2D eigenvalue weighted by Gasteiger charge is 2.26. The highest BCUT2D eigenvalue weighted by Crippen LogP contribution is 2.30. The molecule has 0 atom stereocenters. The summed E-state index contributed by atoms with van der Waals surface area (Å²) in [4.78, 5) is 12.3. The SMILES string of the molecule is CCC(CC)(CBr)Cn1ccn2nccc2c1=O. The van der Waals surface area contributed by atoms with Gasteiger partial charge in [-0.1, -0.05) is 29.8 Å². The molecule has 0 radical (unpaired) electrons. The van der Waals surface area contributed by atoms with Gasteiger partial charge in [0.1, 0.15) is 5.52 Å². The molecule has 2 rings (SSSR count). The van der Waals surface area contributed by atoms with Crippen LogP contribution < -0.4 is 5.56 Å². The minimum absolute atomic E-state index is 0.0298. The molecule has 0 saturated carbocycles. The smallest absolute Gasteiger partial charge is 0.276 e. The second-order valence-corrected chi connectivity index (χ2v) is 5.29. The molecule has 0 saturated heterocycles. The molecule has 18 heavy (non-hydrogen) atoms. The van der Waals surface area contributed by atoms with Gasteiger partial charge in [0, 0.05) is 24.3 Å². The van der Waals surface area contributed by atoms with Crippen LogP contribution in [0.15, 0.2) is 29.5 Å². The van der Waals surface area contributed by atoms with Crippen molar-refractivity contribution >= 4 is 21.4 Å². The Morgan fingerprint density at radius 1 is 1.33 bits per heavy atom. The predicted molar refractivity (Wildman–Crippen MR) is 76.3 cm³/mol. The predicted octanol–water partition coefficient (Wildman–Crippen LogP) is 2.70. The minimum Gasteiger partial charge on any atom is -0.312 e. The lowest BCUT2D eigenvalue weighted by molar-refractivity contribution is 0.256. The third-order valence-corrected chi connectivity index (χ3v) is 5.02. The van der Waals surface area contributed by atoms with Gasteiger partial charge in [-0.05, 0) is 24.3 Å². The van der Waals surface area contributed by atoms with E-state index in [4.69, 9.17) is 0 Å². The number of alkyl halides is 1. The maximum absolute atomic E-state index is 12.3. The Bertz CT molecular complexity index is 575. The number of halogens is 1. The number of hydrogen-bond donors (Lipinski definition) is 0. The monoisotopic (exact) mass is 311 g/mol. The van der Waals surface area contributed by atoms with Crippen molar-refractivity contribution in [3.63, 3.8) is 0 Å². The fraction of sp³-hybridized carbons (Fsp3) is 0.538. The molecule has 0 fully saturated rings. The van der Waals surface area contributed by atoms with E-state index in [1.165, 1.54) is 0 Å². The van der Waals surface area contributed by atoms with Crippen molar-refractivity contribution in [3.05, 3.63) is 35.0 Å². The summed E-state index contributed by atoms with van der Waals surface area (Å²) >= 11 is 3.58. The van der Waals surface area contributed by atoms with Crippen LogP contribution in [0.3, 0.4) is 0 Å². The minimum atomic E-state index is 0.0298. The molecule has 0 unspecified atom stereocenters. The van der Waals surface area contributed by atoms with Crippen molar-refractivity contribution in [2.75, 3.05) is 5.33 Å². The van der Waals surface area contributed by atoms with E-state index >= 15 is 0 Å². The van der Waals surface area contributed by atoms with Gasteiger partial charge in [-0.15, -0.1) is 0 Å². The van der Waals surface area contributed by atoms with E-state index in [0.29, 0.717) is 5.52 Å². The third-order valence-electron chi connectivity index (χ3n) is 3.83. The summed E-state index contributed by atoms with van der Waals surface area (Å²) in [5, 5.41) is 4.98. The molecule has 0 aliphatic carbocycles. The number of rotatable bonds is 5. The first-order chi connectivity index (χ1) is 8.65. The van der Waals surface area contributed by atoms with Gasteiger partial charge < -0.3 is 4.57 Å². The molecule has 0 aliphatic heterocycles. The van der Waals surface area contributed by atoms with Gasteiger partial charge in [0.25, 0.3) is 5.56 Å². The molecule has 0 amide bonds. The summed E-state index contributed by atoms with van der Waals surface area (Å²) in [7, 11) is 0. The zero-order valence-electron chi connectivity index (χ0n) is 10.8. The number of hydrogen-bond acceptors (Lipinski definition) is 2. The Morgan fingerprint density at radius 3 is 2.67 bits per heavy atom. The highest BCUT2D eigenvalue weighted by molar-refractivity contribution is 9.09. The fourth-order valence-electron chi connectivity index (χ4n) is 2.15. The van der Waals surface area contributed by atoms with Gasteiger partial charge in [-0.2, -0.15) is 5.10 Å². The van der Waals surface area contributed by atoms with Crippen molar-refractivity contribution in [1.82, 2.24) is 14.2 Å². The lowest BCUT2D eigenvalue weighted by atomic mass is 9.84. The van der Waals surface area contributed by atoms with Gasteiger partial charge in [-0.3, -0.25) is 4.79 Å². The Morgan fingerprint density at radius 2 is 2.06 bits per heavy atom. The second-order valence-electron chi connectivity index (χ2n) is 4.73. The molecular formula is C13H18BrN3O. The van der Waals surface area contributed by atoms with Crippen molar-refractivity contribution in [1.29, 1.82) is 0 Å². The lowest BCUT2D eigenvalue weighted by Crippen LogP contribution is -2.33. The number of fused-ring (bicyclic) bond motifs is 1. The molecule has 0 bridgehead atoms. The molecule has 2 heterocycles. The molecule has 2 aromatic heterocycles. The summed E-state index contributed by atoms with van der Waals surface area (Å²) < 4.78 is 3.41. The van der Waals surface area contributed by atoms with E-state index in [0.717, 1.165) is 24.7 Å². The van der Waals surface area contributed by atoms with Gasteiger partial charge >= 0.3 is 0 Å². The van der Waals surface area contributed by atoms with E-state index in [-0.39, 0.29) is 11.0 Å². The van der Waals surface area contributed by atoms with Crippen molar-refractivity contribution in [2.24, 2.45) is 5.41 Å². The zero-order valence-corrected chi connectivity index (χ0v) is 12.4. The van der Waals surface area contributed by atoms with Crippen LogP contribution in [0, 0.1) is 5.41 Å². The molecule has 0 N–H and O–H groups in total. The summed E-state index contributed by atoms with van der Waals surface area (Å²) in [6.07, 6.45) is 7.40. The summed E-state index contributed by atoms with van der Waals surface area (Å²) in [6.45, 7) is 5.09. The highest BCUT2D eigenvalue weighted by atomic mass is 79.9. The Balaban J connectivity index is 2.42. The zero-order chi connectivity index (χ0) is 13.2. The van der Waals surface area contributed by atoms with Crippen LogP contribution in [0.25, 0.3) is 5.52 Å². The Labute approximate surface area is 115 Å². The molecular weight excluding hydrogens is 294 g/mol. The quantitative estimate of drug-likeness (QED) is 0.796. The summed E-state index contributed by atoms with van der Waals surface area (Å²) in [6, 6.07) is 1.76. The largest absolute Gasteiger partial charge is 0.312 e. The van der Waals surface area contributed by atoms with Crippen molar-refractivity contribution < 1.29 is 0 Å². The lowest BCUT2D eigenvalue weighted by Gasteiger charge is -2.30. The topological polar surface area (TPSA) is 39.3 Å². The van der Waals surface area contributed by atoms with Gasteiger partial charge in [0.05, 0.1) is 6.20 Å². The van der Waals surface area contributed by atoms with Crippen molar-refractivity contribution in [2.45, 2.75) is 33.2 Å². The number of aromatic nitrogens is 3. The number of nitrogens with zero attached hydrogens (tertiary/aromatic N) is 3. The van der Waals surface area contributed by atoms with E-state index in [2.05, 4.69) is 34.9 Å². The average Bonchev–Trinajstić information content (AvgIpc) is 2.88. The first kappa shape index (κ1) is 13.3. The van der Waals surface area contributed by atoms with Crippen LogP contribution in [-0.2, 0) is 6.54 Å². The summed E-state index contributed by atoms with van der Waals surface area (Å²) in [5.41, 5.74) is 0.803. The van der Waals surface area contributed by atoms with E-state index < -0.39 is 0 Å². The second kappa shape index (κ2) is 5.26. The van der Waals surface area contributed by atoms with E-state index in [1.807, 2.05) is 12.4 Å². The molecule has 0 aliphatic rings. The maximum Gasteiger partial charge on any atom is 0.276 e. The van der Waals surface area contributed by atoms with Gasteiger partial charge in [0.15, 0.2) is 0 Å².